The third-order valence-corrected chi connectivity index (χ3v) is 5.11. The van der Waals surface area contributed by atoms with Crippen LogP contribution in [0.5, 0.6) is 5.75 Å². The first-order chi connectivity index (χ1) is 12.6. The number of methoxy groups -OCH3 is 1. The second-order valence-electron chi connectivity index (χ2n) is 6.29. The van der Waals surface area contributed by atoms with Crippen LogP contribution < -0.4 is 10.1 Å². The van der Waals surface area contributed by atoms with Crippen LogP contribution in [0.1, 0.15) is 23.2 Å². The van der Waals surface area contributed by atoms with Gasteiger partial charge in [0.2, 0.25) is 5.91 Å². The summed E-state index contributed by atoms with van der Waals surface area (Å²) in [6.07, 6.45) is 1.33. The number of benzene rings is 2. The largest absolute Gasteiger partial charge is 0.497 e. The van der Waals surface area contributed by atoms with Crippen molar-refractivity contribution in [2.75, 3.05) is 25.5 Å². The van der Waals surface area contributed by atoms with Crippen LogP contribution in [-0.4, -0.2) is 36.9 Å². The van der Waals surface area contributed by atoms with Crippen molar-refractivity contribution in [3.63, 3.8) is 0 Å². The van der Waals surface area contributed by atoms with Gasteiger partial charge in [-0.2, -0.15) is 0 Å². The van der Waals surface area contributed by atoms with E-state index in [0.717, 1.165) is 10.2 Å². The molecule has 5 nitrogen and oxygen atoms in total. The predicted octanol–water partition coefficient (Wildman–Crippen LogP) is 3.95. The number of hydrogen-bond donors (Lipinski definition) is 1. The van der Waals surface area contributed by atoms with E-state index in [0.29, 0.717) is 37.2 Å². The van der Waals surface area contributed by atoms with Crippen molar-refractivity contribution in [1.29, 1.82) is 0 Å². The number of carbonyl (C=O) groups is 2. The second kappa shape index (κ2) is 8.36. The van der Waals surface area contributed by atoms with Crippen LogP contribution in [0.4, 0.5) is 5.69 Å². The third-order valence-electron chi connectivity index (χ3n) is 4.58. The zero-order chi connectivity index (χ0) is 18.5. The molecule has 0 radical (unpaired) electrons. The summed E-state index contributed by atoms with van der Waals surface area (Å²) in [6, 6.07) is 14.7. The summed E-state index contributed by atoms with van der Waals surface area (Å²) in [4.78, 5) is 26.9. The van der Waals surface area contributed by atoms with Crippen molar-refractivity contribution in [3.05, 3.63) is 58.6 Å². The number of likely N-dealkylation sites (tertiary alicyclic amines) is 1. The Balaban J connectivity index is 1.55. The minimum absolute atomic E-state index is 0.0146. The molecule has 1 aliphatic heterocycles. The average molecular weight is 417 g/mol. The van der Waals surface area contributed by atoms with E-state index < -0.39 is 0 Å². The molecule has 136 valence electrons. The van der Waals surface area contributed by atoms with E-state index in [-0.39, 0.29) is 17.7 Å². The Bertz CT molecular complexity index is 784. The van der Waals surface area contributed by atoms with Gasteiger partial charge in [0.05, 0.1) is 7.11 Å². The molecular formula is C20H21BrN2O3. The van der Waals surface area contributed by atoms with Gasteiger partial charge < -0.3 is 15.0 Å². The van der Waals surface area contributed by atoms with Crippen LogP contribution in [0.3, 0.4) is 0 Å². The second-order valence-corrected chi connectivity index (χ2v) is 7.21. The van der Waals surface area contributed by atoms with E-state index in [2.05, 4.69) is 21.2 Å². The first-order valence-corrected chi connectivity index (χ1v) is 9.36. The Morgan fingerprint density at radius 1 is 1.12 bits per heavy atom. The maximum atomic E-state index is 12.6. The molecule has 0 unspecified atom stereocenters. The molecule has 0 aromatic heterocycles. The molecule has 0 bridgehead atoms. The number of nitrogens with one attached hydrogen (secondary N) is 1. The molecule has 1 saturated heterocycles. The van der Waals surface area contributed by atoms with E-state index in [9.17, 15) is 9.59 Å². The van der Waals surface area contributed by atoms with Crippen LogP contribution in [-0.2, 0) is 4.79 Å². The van der Waals surface area contributed by atoms with Gasteiger partial charge in [-0.1, -0.05) is 22.0 Å². The molecule has 2 amide bonds. The number of amides is 2. The number of nitrogens with zero attached hydrogens (tertiary/aromatic N) is 1. The Hall–Kier alpha value is -2.34. The van der Waals surface area contributed by atoms with Gasteiger partial charge in [-0.25, -0.2) is 0 Å². The molecule has 0 atom stereocenters. The number of carbonyl (C=O) groups excluding carboxylic acids is 2. The summed E-state index contributed by atoms with van der Waals surface area (Å²) in [7, 11) is 1.58. The van der Waals surface area contributed by atoms with Crippen LogP contribution >= 0.6 is 15.9 Å². The zero-order valence-electron chi connectivity index (χ0n) is 14.6. The number of ether oxygens (including phenoxy) is 1. The van der Waals surface area contributed by atoms with Gasteiger partial charge in [0.25, 0.3) is 5.91 Å². The molecule has 2 aromatic rings. The first-order valence-electron chi connectivity index (χ1n) is 8.56. The van der Waals surface area contributed by atoms with Gasteiger partial charge in [0.1, 0.15) is 5.75 Å². The summed E-state index contributed by atoms with van der Waals surface area (Å²) in [5.74, 6) is 0.587. The van der Waals surface area contributed by atoms with Gasteiger partial charge in [0.15, 0.2) is 0 Å². The smallest absolute Gasteiger partial charge is 0.253 e. The Morgan fingerprint density at radius 3 is 2.46 bits per heavy atom. The normalized spacial score (nSPS) is 14.8. The van der Waals surface area contributed by atoms with Gasteiger partial charge in [0, 0.05) is 34.7 Å². The number of halogens is 1. The lowest BCUT2D eigenvalue weighted by molar-refractivity contribution is -0.121. The number of anilines is 1. The van der Waals surface area contributed by atoms with E-state index >= 15 is 0 Å². The lowest BCUT2D eigenvalue weighted by atomic mass is 9.95. The number of hydrogen-bond acceptors (Lipinski definition) is 3. The van der Waals surface area contributed by atoms with Crippen molar-refractivity contribution in [2.24, 2.45) is 5.92 Å². The molecule has 0 aliphatic carbocycles. The van der Waals surface area contributed by atoms with Gasteiger partial charge in [-0.3, -0.25) is 9.59 Å². The Morgan fingerprint density at radius 2 is 1.81 bits per heavy atom. The fourth-order valence-electron chi connectivity index (χ4n) is 3.06. The highest BCUT2D eigenvalue weighted by Gasteiger charge is 2.28. The minimum atomic E-state index is -0.0759. The number of rotatable bonds is 4. The fraction of sp³-hybridized carbons (Fsp3) is 0.300. The lowest BCUT2D eigenvalue weighted by Crippen LogP contribution is -2.41. The molecule has 26 heavy (non-hydrogen) atoms. The van der Waals surface area contributed by atoms with Crippen LogP contribution in [0.25, 0.3) is 0 Å². The van der Waals surface area contributed by atoms with Crippen molar-refractivity contribution >= 4 is 33.4 Å². The molecule has 1 aliphatic rings. The minimum Gasteiger partial charge on any atom is -0.497 e. The highest BCUT2D eigenvalue weighted by atomic mass is 79.9. The molecule has 6 heteroatoms. The van der Waals surface area contributed by atoms with Crippen molar-refractivity contribution in [3.8, 4) is 5.75 Å². The molecule has 1 N–H and O–H groups in total. The van der Waals surface area contributed by atoms with E-state index in [1.54, 1.807) is 24.1 Å². The SMILES string of the molecule is COc1cccc(C(=O)N2CCC(C(=O)Nc3ccc(Br)cc3)CC2)c1. The number of piperidine rings is 1. The van der Waals surface area contributed by atoms with E-state index in [4.69, 9.17) is 4.74 Å². The molecule has 0 spiro atoms. The fourth-order valence-corrected chi connectivity index (χ4v) is 3.33. The van der Waals surface area contributed by atoms with Gasteiger partial charge >= 0.3 is 0 Å². The third kappa shape index (κ3) is 4.43. The van der Waals surface area contributed by atoms with Crippen molar-refractivity contribution in [1.82, 2.24) is 4.90 Å². The summed E-state index contributed by atoms with van der Waals surface area (Å²) in [5.41, 5.74) is 1.40. The Labute approximate surface area is 161 Å². The van der Waals surface area contributed by atoms with Crippen LogP contribution in [0.15, 0.2) is 53.0 Å². The molecule has 1 fully saturated rings. The highest BCUT2D eigenvalue weighted by molar-refractivity contribution is 9.10. The van der Waals surface area contributed by atoms with Crippen LogP contribution in [0.2, 0.25) is 0 Å². The quantitative estimate of drug-likeness (QED) is 0.820. The summed E-state index contributed by atoms with van der Waals surface area (Å²) in [6.45, 7) is 1.16. The van der Waals surface area contributed by atoms with Crippen molar-refractivity contribution < 1.29 is 14.3 Å². The topological polar surface area (TPSA) is 58.6 Å². The maximum absolute atomic E-state index is 12.6. The summed E-state index contributed by atoms with van der Waals surface area (Å²) in [5, 5.41) is 2.95. The van der Waals surface area contributed by atoms with Gasteiger partial charge in [-0.05, 0) is 55.3 Å². The lowest BCUT2D eigenvalue weighted by Gasteiger charge is -2.31. The Kier molecular flexibility index (Phi) is 5.93. The molecule has 3 rings (SSSR count). The highest BCUT2D eigenvalue weighted by Crippen LogP contribution is 2.23. The first kappa shape index (κ1) is 18.5. The summed E-state index contributed by atoms with van der Waals surface area (Å²) >= 11 is 3.38. The monoisotopic (exact) mass is 416 g/mol. The molecule has 0 saturated carbocycles. The van der Waals surface area contributed by atoms with E-state index in [1.807, 2.05) is 36.4 Å². The average Bonchev–Trinajstić information content (AvgIpc) is 2.69. The van der Waals surface area contributed by atoms with E-state index in [1.165, 1.54) is 0 Å². The van der Waals surface area contributed by atoms with Gasteiger partial charge in [-0.15, -0.1) is 0 Å². The maximum Gasteiger partial charge on any atom is 0.253 e. The van der Waals surface area contributed by atoms with Crippen molar-refractivity contribution in [2.45, 2.75) is 12.8 Å². The zero-order valence-corrected chi connectivity index (χ0v) is 16.2. The predicted molar refractivity (Wildman–Crippen MR) is 104 cm³/mol. The summed E-state index contributed by atoms with van der Waals surface area (Å²) < 4.78 is 6.15. The molecule has 2 aromatic carbocycles. The molecular weight excluding hydrogens is 396 g/mol. The standard InChI is InChI=1S/C20H21BrN2O3/c1-26-18-4-2-3-15(13-18)20(25)23-11-9-14(10-12-23)19(24)22-17-7-5-16(21)6-8-17/h2-8,13-14H,9-12H2,1H3,(H,22,24). The van der Waals surface area contributed by atoms with Crippen LogP contribution in [0, 0.1) is 5.92 Å². The molecule has 1 heterocycles.